The molecule has 0 fully saturated rings. The van der Waals surface area contributed by atoms with E-state index in [0.29, 0.717) is 31.7 Å². The lowest BCUT2D eigenvalue weighted by atomic mass is 10.3. The number of ether oxygens (including phenoxy) is 1. The van der Waals surface area contributed by atoms with Crippen molar-refractivity contribution < 1.29 is 13.8 Å². The third kappa shape index (κ3) is 8.84. The molecular weight excluding hydrogens is 275 g/mol. The van der Waals surface area contributed by atoms with Crippen LogP contribution in [0, 0.1) is 11.3 Å². The topological polar surface area (TPSA) is 54.7 Å². The molecule has 0 spiro atoms. The van der Waals surface area contributed by atoms with E-state index in [2.05, 4.69) is 38.4 Å². The molecule has 118 valence electrons. The van der Waals surface area contributed by atoms with E-state index in [1.807, 2.05) is 0 Å². The molecule has 0 aromatic rings. The Morgan fingerprint density at radius 3 is 2.05 bits per heavy atom. The van der Waals surface area contributed by atoms with Crippen LogP contribution >= 0.6 is 8.53 Å². The summed E-state index contributed by atoms with van der Waals surface area (Å²) in [6.07, 6.45) is 2.34. The Morgan fingerprint density at radius 1 is 1.00 bits per heavy atom. The maximum Gasteiger partial charge on any atom is 0.259 e. The molecular formula is C14H29N2O3P. The normalized spacial score (nSPS) is 13.2. The van der Waals surface area contributed by atoms with Crippen LogP contribution in [0.15, 0.2) is 0 Å². The molecule has 0 radical (unpaired) electrons. The van der Waals surface area contributed by atoms with Gasteiger partial charge in [0, 0.05) is 25.8 Å². The lowest BCUT2D eigenvalue weighted by molar-refractivity contribution is 0.160. The second kappa shape index (κ2) is 12.5. The smallest absolute Gasteiger partial charge is 0.259 e. The number of hydrogen-bond donors (Lipinski definition) is 0. The van der Waals surface area contributed by atoms with Crippen LogP contribution < -0.4 is 0 Å². The average Bonchev–Trinajstić information content (AvgIpc) is 2.37. The molecule has 5 nitrogen and oxygen atoms in total. The van der Waals surface area contributed by atoms with Gasteiger partial charge in [0.2, 0.25) is 0 Å². The summed E-state index contributed by atoms with van der Waals surface area (Å²) in [5.74, 6) is 0. The molecule has 0 heterocycles. The first-order valence-electron chi connectivity index (χ1n) is 7.24. The lowest BCUT2D eigenvalue weighted by Crippen LogP contribution is -2.33. The number of hydrogen-bond acceptors (Lipinski definition) is 5. The number of rotatable bonds is 12. The Bertz CT molecular complexity index is 262. The summed E-state index contributed by atoms with van der Waals surface area (Å²) in [6.45, 7) is 10.4. The second-order valence-electron chi connectivity index (χ2n) is 5.08. The van der Waals surface area contributed by atoms with Crippen molar-refractivity contribution in [2.24, 2.45) is 0 Å². The summed E-state index contributed by atoms with van der Waals surface area (Å²) in [7, 11) is 0.612. The van der Waals surface area contributed by atoms with E-state index in [4.69, 9.17) is 19.0 Å². The molecule has 0 aromatic heterocycles. The fourth-order valence-corrected chi connectivity index (χ4v) is 3.43. The first-order chi connectivity index (χ1) is 9.54. The number of nitrogens with zero attached hydrogens (tertiary/aromatic N) is 2. The summed E-state index contributed by atoms with van der Waals surface area (Å²) in [5, 5.41) is 8.62. The van der Waals surface area contributed by atoms with Gasteiger partial charge in [0.25, 0.3) is 8.53 Å². The van der Waals surface area contributed by atoms with Gasteiger partial charge >= 0.3 is 0 Å². The van der Waals surface area contributed by atoms with E-state index in [1.165, 1.54) is 0 Å². The molecule has 0 amide bonds. The highest BCUT2D eigenvalue weighted by atomic mass is 31.2. The maximum atomic E-state index is 8.62. The van der Waals surface area contributed by atoms with E-state index in [1.54, 1.807) is 7.11 Å². The maximum absolute atomic E-state index is 8.62. The fourth-order valence-electron chi connectivity index (χ4n) is 1.80. The van der Waals surface area contributed by atoms with Crippen molar-refractivity contribution in [3.05, 3.63) is 0 Å². The molecule has 1 unspecified atom stereocenters. The lowest BCUT2D eigenvalue weighted by Gasteiger charge is -2.35. The van der Waals surface area contributed by atoms with Crippen LogP contribution in [-0.2, 0) is 13.8 Å². The Hall–Kier alpha value is -0.240. The van der Waals surface area contributed by atoms with E-state index >= 15 is 0 Å². The van der Waals surface area contributed by atoms with Crippen LogP contribution in [-0.4, -0.2) is 43.7 Å². The molecule has 0 N–H and O–H groups in total. The fraction of sp³-hybridized carbons (Fsp3) is 0.929. The van der Waals surface area contributed by atoms with Crippen molar-refractivity contribution >= 4 is 8.53 Å². The van der Waals surface area contributed by atoms with Gasteiger partial charge in [-0.15, -0.1) is 0 Å². The molecule has 0 aliphatic carbocycles. The van der Waals surface area contributed by atoms with Crippen molar-refractivity contribution in [2.75, 3.05) is 26.9 Å². The largest absolute Gasteiger partial charge is 0.385 e. The van der Waals surface area contributed by atoms with E-state index in [0.717, 1.165) is 19.4 Å². The molecule has 1 atom stereocenters. The van der Waals surface area contributed by atoms with Crippen molar-refractivity contribution in [2.45, 2.75) is 59.0 Å². The van der Waals surface area contributed by atoms with Gasteiger partial charge in [0.1, 0.15) is 0 Å². The van der Waals surface area contributed by atoms with E-state index in [9.17, 15) is 0 Å². The van der Waals surface area contributed by atoms with Crippen LogP contribution in [0.4, 0.5) is 0 Å². The highest BCUT2D eigenvalue weighted by Gasteiger charge is 2.26. The van der Waals surface area contributed by atoms with Gasteiger partial charge in [-0.1, -0.05) is 0 Å². The van der Waals surface area contributed by atoms with Gasteiger partial charge in [-0.3, -0.25) is 0 Å². The number of unbranched alkanes of at least 4 members (excludes halogenated alkanes) is 1. The summed E-state index contributed by atoms with van der Waals surface area (Å²) in [4.78, 5) is 0. The minimum atomic E-state index is -1.09. The quantitative estimate of drug-likeness (QED) is 0.406. The van der Waals surface area contributed by atoms with Gasteiger partial charge in [-0.25, -0.2) is 4.67 Å². The summed E-state index contributed by atoms with van der Waals surface area (Å²) in [6, 6.07) is 2.80. The van der Waals surface area contributed by atoms with Gasteiger partial charge in [-0.2, -0.15) is 5.26 Å². The standard InChI is InChI=1S/C14H29N2O3P/c1-13(2)16(14(3)4)20(19-12-8-9-15)18-11-7-6-10-17-5/h13-14H,6-8,10-12H2,1-5H3. The third-order valence-electron chi connectivity index (χ3n) is 2.61. The predicted molar refractivity (Wildman–Crippen MR) is 82.3 cm³/mol. The summed E-state index contributed by atoms with van der Waals surface area (Å²) in [5.41, 5.74) is 0. The van der Waals surface area contributed by atoms with Gasteiger partial charge < -0.3 is 13.8 Å². The Balaban J connectivity index is 4.34. The van der Waals surface area contributed by atoms with Crippen LogP contribution in [0.5, 0.6) is 0 Å². The second-order valence-corrected chi connectivity index (χ2v) is 6.53. The molecule has 20 heavy (non-hydrogen) atoms. The first-order valence-corrected chi connectivity index (χ1v) is 8.37. The van der Waals surface area contributed by atoms with Crippen LogP contribution in [0.2, 0.25) is 0 Å². The zero-order valence-corrected chi connectivity index (χ0v) is 14.4. The van der Waals surface area contributed by atoms with Gasteiger partial charge in [-0.05, 0) is 40.5 Å². The van der Waals surface area contributed by atoms with E-state index in [-0.39, 0.29) is 0 Å². The summed E-state index contributed by atoms with van der Waals surface area (Å²) >= 11 is 0. The minimum absolute atomic E-state index is 0.349. The molecule has 0 aliphatic rings. The number of methoxy groups -OCH3 is 1. The van der Waals surface area contributed by atoms with Crippen LogP contribution in [0.1, 0.15) is 47.0 Å². The molecule has 0 aliphatic heterocycles. The van der Waals surface area contributed by atoms with Crippen molar-refractivity contribution in [3.63, 3.8) is 0 Å². The van der Waals surface area contributed by atoms with Crippen molar-refractivity contribution in [3.8, 4) is 6.07 Å². The Kier molecular flexibility index (Phi) is 12.3. The van der Waals surface area contributed by atoms with Crippen LogP contribution in [0.3, 0.4) is 0 Å². The predicted octanol–water partition coefficient (Wildman–Crippen LogP) is 3.71. The van der Waals surface area contributed by atoms with Crippen LogP contribution in [0.25, 0.3) is 0 Å². The van der Waals surface area contributed by atoms with E-state index < -0.39 is 8.53 Å². The van der Waals surface area contributed by atoms with Crippen molar-refractivity contribution in [1.29, 1.82) is 5.26 Å². The SMILES string of the molecule is COCCCCOP(OCCC#N)N(C(C)C)C(C)C. The highest BCUT2D eigenvalue weighted by Crippen LogP contribution is 2.46. The average molecular weight is 304 g/mol. The molecule has 0 bridgehead atoms. The zero-order chi connectivity index (χ0) is 15.4. The monoisotopic (exact) mass is 304 g/mol. The molecule has 0 saturated heterocycles. The third-order valence-corrected chi connectivity index (χ3v) is 4.71. The highest BCUT2D eigenvalue weighted by molar-refractivity contribution is 7.44. The number of nitriles is 1. The molecule has 6 heteroatoms. The van der Waals surface area contributed by atoms with Crippen molar-refractivity contribution in [1.82, 2.24) is 4.67 Å². The molecule has 0 saturated carbocycles. The Labute approximate surface area is 125 Å². The zero-order valence-electron chi connectivity index (χ0n) is 13.5. The summed E-state index contributed by atoms with van der Waals surface area (Å²) < 4.78 is 19.0. The molecule has 0 aromatic carbocycles. The van der Waals surface area contributed by atoms with Gasteiger partial charge in [0.05, 0.1) is 25.7 Å². The Morgan fingerprint density at radius 2 is 1.55 bits per heavy atom. The molecule has 0 rings (SSSR count). The first kappa shape index (κ1) is 19.8. The van der Waals surface area contributed by atoms with Gasteiger partial charge in [0.15, 0.2) is 0 Å². The minimum Gasteiger partial charge on any atom is -0.385 e.